The number of fused-ring (bicyclic) bond motifs is 1. The predicted molar refractivity (Wildman–Crippen MR) is 123 cm³/mol. The molecule has 0 spiro atoms. The lowest BCUT2D eigenvalue weighted by atomic mass is 9.86. The Kier molecular flexibility index (Phi) is 5.85. The van der Waals surface area contributed by atoms with E-state index < -0.39 is 15.4 Å². The molecule has 2 heterocycles. The topological polar surface area (TPSA) is 86.8 Å². The number of sulfonamides is 1. The molecule has 2 aliphatic rings. The van der Waals surface area contributed by atoms with E-state index in [9.17, 15) is 18.0 Å². The number of nitrogens with one attached hydrogen (secondary N) is 1. The zero-order chi connectivity index (χ0) is 23.1. The largest absolute Gasteiger partial charge is 0.339 e. The van der Waals surface area contributed by atoms with Crippen LogP contribution in [0.5, 0.6) is 0 Å². The number of hydrogen-bond acceptors (Lipinski definition) is 4. The van der Waals surface area contributed by atoms with Crippen LogP contribution in [0, 0.1) is 0 Å². The molecule has 32 heavy (non-hydrogen) atoms. The summed E-state index contributed by atoms with van der Waals surface area (Å²) in [7, 11) is -2.07. The lowest BCUT2D eigenvalue weighted by Crippen LogP contribution is -2.35. The van der Waals surface area contributed by atoms with Crippen molar-refractivity contribution in [2.45, 2.75) is 50.0 Å². The van der Waals surface area contributed by atoms with Crippen LogP contribution in [0.1, 0.15) is 54.6 Å². The average molecular weight is 456 g/mol. The first-order chi connectivity index (χ1) is 15.1. The van der Waals surface area contributed by atoms with Crippen molar-refractivity contribution < 1.29 is 18.0 Å². The van der Waals surface area contributed by atoms with Crippen LogP contribution < -0.4 is 9.62 Å². The first kappa shape index (κ1) is 22.5. The van der Waals surface area contributed by atoms with Crippen LogP contribution >= 0.6 is 0 Å². The normalized spacial score (nSPS) is 18.0. The summed E-state index contributed by atoms with van der Waals surface area (Å²) < 4.78 is 28.4. The molecule has 2 amide bonds. The molecule has 1 fully saturated rings. The maximum absolute atomic E-state index is 12.9. The molecule has 0 saturated carbocycles. The number of likely N-dealkylation sites (tertiary alicyclic amines) is 1. The molecule has 4 rings (SSSR count). The van der Waals surface area contributed by atoms with Gasteiger partial charge in [0.1, 0.15) is 0 Å². The van der Waals surface area contributed by atoms with Crippen molar-refractivity contribution in [3.05, 3.63) is 59.2 Å². The molecule has 170 valence electrons. The summed E-state index contributed by atoms with van der Waals surface area (Å²) in [5, 5.41) is 0. The van der Waals surface area contributed by atoms with Crippen LogP contribution in [0.25, 0.3) is 0 Å². The number of piperidine rings is 1. The number of likely N-dealkylation sites (N-methyl/N-ethyl adjacent to an activating group) is 1. The van der Waals surface area contributed by atoms with E-state index in [2.05, 4.69) is 4.72 Å². The standard InChI is InChI=1S/C24H29N3O4S/c1-24(2)20-15-19(11-12-21(20)26(3)23(24)29)32(30,31)25-16-17-7-9-18(10-8-17)22(28)27-13-5-4-6-14-27/h7-12,15,25H,4-6,13-14,16H2,1-3H3. The summed E-state index contributed by atoms with van der Waals surface area (Å²) in [5.74, 6) is -0.0358. The van der Waals surface area contributed by atoms with E-state index in [0.29, 0.717) is 11.1 Å². The van der Waals surface area contributed by atoms with Crippen molar-refractivity contribution in [2.24, 2.45) is 0 Å². The minimum absolute atomic E-state index is 0.0251. The highest BCUT2D eigenvalue weighted by Crippen LogP contribution is 2.41. The first-order valence-corrected chi connectivity index (χ1v) is 12.4. The summed E-state index contributed by atoms with van der Waals surface area (Å²) in [6.45, 7) is 5.29. The summed E-state index contributed by atoms with van der Waals surface area (Å²) >= 11 is 0. The number of hydrogen-bond donors (Lipinski definition) is 1. The average Bonchev–Trinajstić information content (AvgIpc) is 2.98. The molecule has 0 atom stereocenters. The minimum atomic E-state index is -3.76. The Morgan fingerprint density at radius 2 is 1.69 bits per heavy atom. The third-order valence-corrected chi connectivity index (χ3v) is 7.86. The van der Waals surface area contributed by atoms with Crippen molar-refractivity contribution >= 4 is 27.5 Å². The summed E-state index contributed by atoms with van der Waals surface area (Å²) in [4.78, 5) is 28.6. The zero-order valence-corrected chi connectivity index (χ0v) is 19.5. The lowest BCUT2D eigenvalue weighted by molar-refractivity contribution is -0.121. The predicted octanol–water partition coefficient (Wildman–Crippen LogP) is 3.05. The van der Waals surface area contributed by atoms with Crippen molar-refractivity contribution in [2.75, 3.05) is 25.0 Å². The third kappa shape index (κ3) is 4.04. The van der Waals surface area contributed by atoms with Gasteiger partial charge in [-0.2, -0.15) is 0 Å². The molecule has 0 aliphatic carbocycles. The van der Waals surface area contributed by atoms with Crippen LogP contribution in [-0.4, -0.2) is 45.3 Å². The Morgan fingerprint density at radius 3 is 2.34 bits per heavy atom. The fourth-order valence-electron chi connectivity index (χ4n) is 4.43. The Labute approximate surface area is 189 Å². The highest BCUT2D eigenvalue weighted by molar-refractivity contribution is 7.89. The maximum atomic E-state index is 12.9. The Balaban J connectivity index is 1.45. The Bertz CT molecular complexity index is 1150. The van der Waals surface area contributed by atoms with E-state index in [1.807, 2.05) is 4.90 Å². The molecule has 0 bridgehead atoms. The van der Waals surface area contributed by atoms with E-state index in [1.165, 1.54) is 6.07 Å². The van der Waals surface area contributed by atoms with E-state index >= 15 is 0 Å². The first-order valence-electron chi connectivity index (χ1n) is 10.9. The number of carbonyl (C=O) groups excluding carboxylic acids is 2. The number of carbonyl (C=O) groups is 2. The summed E-state index contributed by atoms with van der Waals surface area (Å²) in [6.07, 6.45) is 3.24. The van der Waals surface area contributed by atoms with Crippen molar-refractivity contribution in [3.63, 3.8) is 0 Å². The van der Waals surface area contributed by atoms with Gasteiger partial charge in [0.25, 0.3) is 5.91 Å². The van der Waals surface area contributed by atoms with Crippen LogP contribution in [-0.2, 0) is 26.8 Å². The smallest absolute Gasteiger partial charge is 0.253 e. The lowest BCUT2D eigenvalue weighted by Gasteiger charge is -2.26. The molecule has 8 heteroatoms. The second kappa shape index (κ2) is 8.33. The molecule has 7 nitrogen and oxygen atoms in total. The van der Waals surface area contributed by atoms with Gasteiger partial charge in [0.2, 0.25) is 15.9 Å². The van der Waals surface area contributed by atoms with Gasteiger partial charge >= 0.3 is 0 Å². The van der Waals surface area contributed by atoms with Crippen molar-refractivity contribution in [1.82, 2.24) is 9.62 Å². The molecule has 2 aromatic carbocycles. The zero-order valence-electron chi connectivity index (χ0n) is 18.7. The van der Waals surface area contributed by atoms with E-state index in [-0.39, 0.29) is 23.3 Å². The second-order valence-corrected chi connectivity index (χ2v) is 10.8. The summed E-state index contributed by atoms with van der Waals surface area (Å²) in [5.41, 5.74) is 2.04. The minimum Gasteiger partial charge on any atom is -0.339 e. The molecule has 0 unspecified atom stereocenters. The SMILES string of the molecule is CN1C(=O)C(C)(C)c2cc(S(=O)(=O)NCc3ccc(C(=O)N4CCCCC4)cc3)ccc21. The number of benzene rings is 2. The van der Waals surface area contributed by atoms with Gasteiger partial charge in [-0.25, -0.2) is 13.1 Å². The van der Waals surface area contributed by atoms with Crippen LogP contribution in [0.2, 0.25) is 0 Å². The highest BCUT2D eigenvalue weighted by atomic mass is 32.2. The Morgan fingerprint density at radius 1 is 1.03 bits per heavy atom. The second-order valence-electron chi connectivity index (χ2n) is 9.04. The molecule has 0 radical (unpaired) electrons. The monoisotopic (exact) mass is 455 g/mol. The van der Waals surface area contributed by atoms with Gasteiger partial charge < -0.3 is 9.80 Å². The fourth-order valence-corrected chi connectivity index (χ4v) is 5.47. The van der Waals surface area contributed by atoms with Gasteiger partial charge in [0.15, 0.2) is 0 Å². The molecule has 2 aliphatic heterocycles. The van der Waals surface area contributed by atoms with Crippen molar-refractivity contribution in [1.29, 1.82) is 0 Å². The molecule has 1 N–H and O–H groups in total. The Hall–Kier alpha value is -2.71. The fraction of sp³-hybridized carbons (Fsp3) is 0.417. The van der Waals surface area contributed by atoms with Gasteiger partial charge in [-0.05, 0) is 74.6 Å². The van der Waals surface area contributed by atoms with Gasteiger partial charge in [-0.15, -0.1) is 0 Å². The van der Waals surface area contributed by atoms with E-state index in [0.717, 1.165) is 43.6 Å². The maximum Gasteiger partial charge on any atom is 0.253 e. The van der Waals surface area contributed by atoms with Crippen LogP contribution in [0.15, 0.2) is 47.4 Å². The molecule has 1 saturated heterocycles. The van der Waals surface area contributed by atoms with Gasteiger partial charge in [-0.3, -0.25) is 9.59 Å². The number of nitrogens with zero attached hydrogens (tertiary/aromatic N) is 2. The number of rotatable bonds is 5. The van der Waals surface area contributed by atoms with E-state index in [4.69, 9.17) is 0 Å². The van der Waals surface area contributed by atoms with Crippen LogP contribution in [0.3, 0.4) is 0 Å². The van der Waals surface area contributed by atoms with Gasteiger partial charge in [0.05, 0.1) is 10.3 Å². The molecule has 0 aromatic heterocycles. The van der Waals surface area contributed by atoms with Crippen molar-refractivity contribution in [3.8, 4) is 0 Å². The third-order valence-electron chi connectivity index (χ3n) is 6.46. The summed E-state index contributed by atoms with van der Waals surface area (Å²) in [6, 6.07) is 11.8. The van der Waals surface area contributed by atoms with Gasteiger partial charge in [-0.1, -0.05) is 12.1 Å². The molecule has 2 aromatic rings. The highest BCUT2D eigenvalue weighted by Gasteiger charge is 2.42. The van der Waals surface area contributed by atoms with E-state index in [1.54, 1.807) is 62.2 Å². The molecular formula is C24H29N3O4S. The number of anilines is 1. The molecular weight excluding hydrogens is 426 g/mol. The van der Waals surface area contributed by atoms with Gasteiger partial charge in [0, 0.05) is 37.9 Å². The van der Waals surface area contributed by atoms with Crippen LogP contribution in [0.4, 0.5) is 5.69 Å². The quantitative estimate of drug-likeness (QED) is 0.751. The number of amides is 2.